The van der Waals surface area contributed by atoms with Crippen LogP contribution in [0.15, 0.2) is 70.7 Å². The lowest BCUT2D eigenvalue weighted by molar-refractivity contribution is -0.122. The van der Waals surface area contributed by atoms with Gasteiger partial charge >= 0.3 is 6.03 Å². The Morgan fingerprint density at radius 1 is 0.971 bits per heavy atom. The van der Waals surface area contributed by atoms with Crippen LogP contribution in [-0.2, 0) is 22.6 Å². The summed E-state index contributed by atoms with van der Waals surface area (Å²) in [5.41, 5.74) is 5.05. The van der Waals surface area contributed by atoms with Crippen LogP contribution in [0.3, 0.4) is 0 Å². The number of imide groups is 2. The number of carbonyl (C=O) groups excluding carboxylic acids is 3. The smallest absolute Gasteiger partial charge is 0.335 e. The molecule has 0 atom stereocenters. The van der Waals surface area contributed by atoms with Gasteiger partial charge in [0.1, 0.15) is 17.9 Å². The number of nitrogens with one attached hydrogen (secondary N) is 1. The highest BCUT2D eigenvalue weighted by Crippen LogP contribution is 2.30. The van der Waals surface area contributed by atoms with Gasteiger partial charge in [-0.2, -0.15) is 0 Å². The van der Waals surface area contributed by atoms with Crippen molar-refractivity contribution in [3.8, 4) is 5.75 Å². The minimum absolute atomic E-state index is 0.148. The molecule has 3 aromatic rings. The number of rotatable bonds is 6. The first-order chi connectivity index (χ1) is 16.8. The van der Waals surface area contributed by atoms with Crippen molar-refractivity contribution in [3.63, 3.8) is 0 Å². The van der Waals surface area contributed by atoms with Crippen molar-refractivity contribution in [2.75, 3.05) is 4.90 Å². The molecule has 1 aliphatic heterocycles. The largest absolute Gasteiger partial charge is 0.488 e. The van der Waals surface area contributed by atoms with Crippen LogP contribution in [0.5, 0.6) is 5.75 Å². The Morgan fingerprint density at radius 3 is 2.49 bits per heavy atom. The molecular weight excluding hydrogens is 508 g/mol. The summed E-state index contributed by atoms with van der Waals surface area (Å²) in [6.07, 6.45) is 2.09. The van der Waals surface area contributed by atoms with Gasteiger partial charge in [-0.1, -0.05) is 59.3 Å². The van der Waals surface area contributed by atoms with Crippen LogP contribution in [0.4, 0.5) is 10.5 Å². The zero-order valence-corrected chi connectivity index (χ0v) is 21.3. The minimum Gasteiger partial charge on any atom is -0.488 e. The summed E-state index contributed by atoms with van der Waals surface area (Å²) in [6, 6.07) is 17.9. The van der Waals surface area contributed by atoms with Gasteiger partial charge in [-0.25, -0.2) is 9.69 Å². The predicted octanol–water partition coefficient (Wildman–Crippen LogP) is 5.87. The van der Waals surface area contributed by atoms with Gasteiger partial charge in [0, 0.05) is 10.0 Å². The van der Waals surface area contributed by atoms with Gasteiger partial charge in [0.2, 0.25) is 0 Å². The Balaban J connectivity index is 1.68. The van der Waals surface area contributed by atoms with E-state index in [1.54, 1.807) is 24.3 Å². The summed E-state index contributed by atoms with van der Waals surface area (Å²) < 4.78 is 6.83. The standard InChI is InChI=1S/C28H25BrN2O4/c1-4-20-7-5-6-8-24(20)31-27(33)23(26(32)30-28(31)34)15-21-14-22(29)11-12-25(21)35-16-19-10-9-17(2)18(3)13-19/h5-15H,4,16H2,1-3H3,(H,30,32,34)/b23-15-. The third-order valence-corrected chi connectivity index (χ3v) is 6.45. The number of halogens is 1. The molecule has 1 fully saturated rings. The minimum atomic E-state index is -0.765. The van der Waals surface area contributed by atoms with Crippen molar-refractivity contribution in [1.82, 2.24) is 5.32 Å². The number of anilines is 1. The number of benzene rings is 3. The van der Waals surface area contributed by atoms with E-state index >= 15 is 0 Å². The van der Waals surface area contributed by atoms with E-state index in [-0.39, 0.29) is 5.57 Å². The lowest BCUT2D eigenvalue weighted by atomic mass is 10.0. The van der Waals surface area contributed by atoms with Crippen molar-refractivity contribution < 1.29 is 19.1 Å². The number of carbonyl (C=O) groups is 3. The highest BCUT2D eigenvalue weighted by molar-refractivity contribution is 9.10. The summed E-state index contributed by atoms with van der Waals surface area (Å²) in [4.78, 5) is 39.7. The lowest BCUT2D eigenvalue weighted by Crippen LogP contribution is -2.54. The molecule has 0 saturated carbocycles. The average Bonchev–Trinajstić information content (AvgIpc) is 2.83. The quantitative estimate of drug-likeness (QED) is 0.318. The number of nitrogens with zero attached hydrogens (tertiary/aromatic N) is 1. The SMILES string of the molecule is CCc1ccccc1N1C(=O)NC(=O)/C(=C/c2cc(Br)ccc2OCc2ccc(C)c(C)c2)C1=O. The van der Waals surface area contributed by atoms with E-state index in [0.29, 0.717) is 30.0 Å². The first-order valence-corrected chi connectivity index (χ1v) is 12.1. The van der Waals surface area contributed by atoms with Gasteiger partial charge < -0.3 is 4.74 Å². The van der Waals surface area contributed by atoms with E-state index in [2.05, 4.69) is 34.2 Å². The maximum atomic E-state index is 13.4. The second kappa shape index (κ2) is 10.3. The van der Waals surface area contributed by atoms with Gasteiger partial charge in [-0.15, -0.1) is 0 Å². The highest BCUT2D eigenvalue weighted by Gasteiger charge is 2.37. The van der Waals surface area contributed by atoms with Gasteiger partial charge in [-0.3, -0.25) is 14.9 Å². The molecule has 0 radical (unpaired) electrons. The Bertz CT molecular complexity index is 1360. The molecule has 0 bridgehead atoms. The van der Waals surface area contributed by atoms with E-state index in [1.165, 1.54) is 17.2 Å². The summed E-state index contributed by atoms with van der Waals surface area (Å²) in [7, 11) is 0. The lowest BCUT2D eigenvalue weighted by Gasteiger charge is -2.28. The van der Waals surface area contributed by atoms with Gasteiger partial charge in [0.15, 0.2) is 0 Å². The van der Waals surface area contributed by atoms with E-state index in [1.807, 2.05) is 44.2 Å². The summed E-state index contributed by atoms with van der Waals surface area (Å²) in [5, 5.41) is 2.29. The third kappa shape index (κ3) is 5.20. The van der Waals surface area contributed by atoms with Crippen molar-refractivity contribution in [2.24, 2.45) is 0 Å². The van der Waals surface area contributed by atoms with Crippen molar-refractivity contribution >= 4 is 45.5 Å². The molecule has 3 aromatic carbocycles. The molecule has 0 unspecified atom stereocenters. The molecular formula is C28H25BrN2O4. The summed E-state index contributed by atoms with van der Waals surface area (Å²) in [5.74, 6) is -0.915. The van der Waals surface area contributed by atoms with Crippen molar-refractivity contribution in [3.05, 3.63) is 98.5 Å². The van der Waals surface area contributed by atoms with E-state index < -0.39 is 17.8 Å². The first kappa shape index (κ1) is 24.4. The Kier molecular flexibility index (Phi) is 7.17. The Labute approximate surface area is 212 Å². The molecule has 35 heavy (non-hydrogen) atoms. The number of ether oxygens (including phenoxy) is 1. The second-order valence-electron chi connectivity index (χ2n) is 8.33. The highest BCUT2D eigenvalue weighted by atomic mass is 79.9. The monoisotopic (exact) mass is 532 g/mol. The molecule has 1 N–H and O–H groups in total. The Morgan fingerprint density at radius 2 is 1.74 bits per heavy atom. The van der Waals surface area contributed by atoms with E-state index in [0.717, 1.165) is 20.5 Å². The molecule has 4 amide bonds. The molecule has 4 rings (SSSR count). The molecule has 0 spiro atoms. The molecule has 0 aromatic heterocycles. The van der Waals surface area contributed by atoms with Gasteiger partial charge in [0.25, 0.3) is 11.8 Å². The normalized spacial score (nSPS) is 14.9. The van der Waals surface area contributed by atoms with Crippen molar-refractivity contribution in [2.45, 2.75) is 33.8 Å². The molecule has 1 heterocycles. The predicted molar refractivity (Wildman–Crippen MR) is 139 cm³/mol. The fraction of sp³-hybridized carbons (Fsp3) is 0.179. The maximum Gasteiger partial charge on any atom is 0.335 e. The van der Waals surface area contributed by atoms with Crippen LogP contribution in [0.2, 0.25) is 0 Å². The summed E-state index contributed by atoms with van der Waals surface area (Å²) in [6.45, 7) is 6.37. The second-order valence-corrected chi connectivity index (χ2v) is 9.25. The number of barbiturate groups is 1. The molecule has 178 valence electrons. The first-order valence-electron chi connectivity index (χ1n) is 11.3. The average molecular weight is 533 g/mol. The molecule has 0 aliphatic carbocycles. The number of hydrogen-bond acceptors (Lipinski definition) is 4. The molecule has 6 nitrogen and oxygen atoms in total. The topological polar surface area (TPSA) is 75.7 Å². The maximum absolute atomic E-state index is 13.4. The van der Waals surface area contributed by atoms with Crippen LogP contribution >= 0.6 is 15.9 Å². The van der Waals surface area contributed by atoms with Crippen LogP contribution in [-0.4, -0.2) is 17.8 Å². The van der Waals surface area contributed by atoms with Gasteiger partial charge in [-0.05, 0) is 72.9 Å². The van der Waals surface area contributed by atoms with Gasteiger partial charge in [0.05, 0.1) is 5.69 Å². The molecule has 1 aliphatic rings. The third-order valence-electron chi connectivity index (χ3n) is 5.95. The Hall–Kier alpha value is -3.71. The van der Waals surface area contributed by atoms with E-state index in [9.17, 15) is 14.4 Å². The molecule has 7 heteroatoms. The molecule has 1 saturated heterocycles. The zero-order valence-electron chi connectivity index (χ0n) is 19.7. The zero-order chi connectivity index (χ0) is 25.1. The number of aryl methyl sites for hydroxylation is 3. The van der Waals surface area contributed by atoms with Crippen LogP contribution < -0.4 is 15.0 Å². The number of para-hydroxylation sites is 1. The number of amides is 4. The number of hydrogen-bond donors (Lipinski definition) is 1. The summed E-state index contributed by atoms with van der Waals surface area (Å²) >= 11 is 3.45. The van der Waals surface area contributed by atoms with Crippen molar-refractivity contribution in [1.29, 1.82) is 0 Å². The van der Waals surface area contributed by atoms with Crippen LogP contribution in [0.25, 0.3) is 6.08 Å². The number of urea groups is 1. The fourth-order valence-corrected chi connectivity index (χ4v) is 4.26. The van der Waals surface area contributed by atoms with Crippen LogP contribution in [0.1, 0.15) is 34.7 Å². The van der Waals surface area contributed by atoms with Crippen LogP contribution in [0, 0.1) is 13.8 Å². The van der Waals surface area contributed by atoms with E-state index in [4.69, 9.17) is 4.74 Å². The fourth-order valence-electron chi connectivity index (χ4n) is 3.88.